The topological polar surface area (TPSA) is 101 Å². The number of carbonyl (C=O) groups excluding carboxylic acids is 1. The maximum absolute atomic E-state index is 11.8. The van der Waals surface area contributed by atoms with Crippen molar-refractivity contribution < 1.29 is 28.9 Å². The molecular formula is C13H20N2O5. The minimum Gasteiger partial charge on any atom is -0.457 e. The van der Waals surface area contributed by atoms with Gasteiger partial charge in [0.25, 0.3) is 0 Å². The summed E-state index contributed by atoms with van der Waals surface area (Å²) >= 11 is 0. The van der Waals surface area contributed by atoms with Crippen LogP contribution in [0.15, 0.2) is 0 Å². The Labute approximate surface area is 117 Å². The van der Waals surface area contributed by atoms with Crippen LogP contribution in [0.1, 0.15) is 40.0 Å². The average molecular weight is 284 g/mol. The first-order chi connectivity index (χ1) is 9.31. The van der Waals surface area contributed by atoms with E-state index in [4.69, 9.17) is 19.7 Å². The molecule has 2 fully saturated rings. The van der Waals surface area contributed by atoms with Crippen molar-refractivity contribution in [3.05, 3.63) is 5.53 Å². The number of esters is 1. The molecule has 7 nitrogen and oxygen atoms in total. The second-order valence-electron chi connectivity index (χ2n) is 5.66. The normalized spacial score (nSPS) is 35.0. The molecule has 1 saturated carbocycles. The molecule has 1 aliphatic heterocycles. The van der Waals surface area contributed by atoms with Gasteiger partial charge in [0.15, 0.2) is 11.4 Å². The third-order valence-electron chi connectivity index (χ3n) is 3.68. The van der Waals surface area contributed by atoms with E-state index in [0.29, 0.717) is 6.42 Å². The van der Waals surface area contributed by atoms with Crippen LogP contribution in [0, 0.1) is 0 Å². The van der Waals surface area contributed by atoms with Crippen LogP contribution in [0.5, 0.6) is 0 Å². The predicted molar refractivity (Wildman–Crippen MR) is 67.9 cm³/mol. The summed E-state index contributed by atoms with van der Waals surface area (Å²) in [6.45, 7) is 5.39. The van der Waals surface area contributed by atoms with E-state index < -0.39 is 17.4 Å². The number of nitrogens with zero attached hydrogens (tertiary/aromatic N) is 2. The molecule has 2 aliphatic rings. The number of hydrogen-bond acceptors (Lipinski definition) is 5. The van der Waals surface area contributed by atoms with E-state index >= 15 is 0 Å². The van der Waals surface area contributed by atoms with Crippen molar-refractivity contribution in [2.75, 3.05) is 6.61 Å². The quantitative estimate of drug-likeness (QED) is 0.355. The minimum absolute atomic E-state index is 0.118. The van der Waals surface area contributed by atoms with Crippen molar-refractivity contribution in [1.29, 1.82) is 0 Å². The summed E-state index contributed by atoms with van der Waals surface area (Å²) in [6.07, 6.45) is 0.455. The molecule has 0 aromatic carbocycles. The van der Waals surface area contributed by atoms with Gasteiger partial charge in [-0.15, -0.1) is 0 Å². The Morgan fingerprint density at radius 3 is 2.70 bits per heavy atom. The molecule has 112 valence electrons. The van der Waals surface area contributed by atoms with Crippen molar-refractivity contribution in [1.82, 2.24) is 0 Å². The van der Waals surface area contributed by atoms with Gasteiger partial charge < -0.3 is 24.8 Å². The maximum Gasteiger partial charge on any atom is 0.420 e. The van der Waals surface area contributed by atoms with Gasteiger partial charge in [-0.25, -0.2) is 4.79 Å². The molecule has 1 aliphatic carbocycles. The van der Waals surface area contributed by atoms with Crippen LogP contribution in [0.3, 0.4) is 0 Å². The van der Waals surface area contributed by atoms with Gasteiger partial charge in [0.05, 0.1) is 18.8 Å². The van der Waals surface area contributed by atoms with Crippen molar-refractivity contribution in [2.24, 2.45) is 0 Å². The summed E-state index contributed by atoms with van der Waals surface area (Å²) in [5, 5.41) is 10.6. The Morgan fingerprint density at radius 2 is 2.10 bits per heavy atom. The standard InChI is InChI=1S/C13H20N2O5/c1-4-18-11(16)10(15-14)13(17)6-5-8-9(7-13)20-12(2,3)19-8/h8-9,17H,4-7H2,1-3H3/t8-,9+,13-/m0/s1. The SMILES string of the molecule is CCOC(=O)C(=[N+]=[N-])[C@]1(O)CC[C@@H]2OC(C)(C)O[C@@H]2C1. The molecular weight excluding hydrogens is 264 g/mol. The highest BCUT2D eigenvalue weighted by Crippen LogP contribution is 2.41. The first kappa shape index (κ1) is 15.1. The molecule has 0 aromatic heterocycles. The number of hydrogen-bond donors (Lipinski definition) is 1. The predicted octanol–water partition coefficient (Wildman–Crippen LogP) is 0.655. The van der Waals surface area contributed by atoms with Gasteiger partial charge in [0.1, 0.15) is 0 Å². The van der Waals surface area contributed by atoms with E-state index in [9.17, 15) is 9.90 Å². The van der Waals surface area contributed by atoms with Crippen LogP contribution in [0.4, 0.5) is 0 Å². The molecule has 7 heteroatoms. The summed E-state index contributed by atoms with van der Waals surface area (Å²) in [6, 6.07) is 0. The summed E-state index contributed by atoms with van der Waals surface area (Å²) < 4.78 is 16.2. The van der Waals surface area contributed by atoms with Gasteiger partial charge in [-0.3, -0.25) is 0 Å². The zero-order valence-electron chi connectivity index (χ0n) is 12.0. The van der Waals surface area contributed by atoms with E-state index in [1.54, 1.807) is 20.8 Å². The first-order valence-corrected chi connectivity index (χ1v) is 6.79. The lowest BCUT2D eigenvalue weighted by Gasteiger charge is -2.32. The van der Waals surface area contributed by atoms with Crippen LogP contribution in [0.25, 0.3) is 5.53 Å². The van der Waals surface area contributed by atoms with Crippen LogP contribution in [-0.4, -0.2) is 51.8 Å². The molecule has 0 radical (unpaired) electrons. The Kier molecular flexibility index (Phi) is 3.97. The monoisotopic (exact) mass is 284 g/mol. The zero-order chi connectivity index (χ0) is 15.0. The van der Waals surface area contributed by atoms with Gasteiger partial charge in [0, 0.05) is 6.42 Å². The fraction of sp³-hybridized carbons (Fsp3) is 0.846. The molecule has 0 unspecified atom stereocenters. The molecule has 3 atom stereocenters. The molecule has 2 rings (SSSR count). The molecule has 1 heterocycles. The second-order valence-corrected chi connectivity index (χ2v) is 5.66. The van der Waals surface area contributed by atoms with Crippen LogP contribution in [0.2, 0.25) is 0 Å². The lowest BCUT2D eigenvalue weighted by Crippen LogP contribution is -2.52. The maximum atomic E-state index is 11.8. The first-order valence-electron chi connectivity index (χ1n) is 6.79. The van der Waals surface area contributed by atoms with Gasteiger partial charge in [-0.2, -0.15) is 4.79 Å². The largest absolute Gasteiger partial charge is 0.457 e. The molecule has 0 bridgehead atoms. The molecule has 1 N–H and O–H groups in total. The number of rotatable bonds is 3. The summed E-state index contributed by atoms with van der Waals surface area (Å²) in [4.78, 5) is 14.7. The van der Waals surface area contributed by atoms with Crippen molar-refractivity contribution in [3.8, 4) is 0 Å². The second kappa shape index (κ2) is 5.26. The summed E-state index contributed by atoms with van der Waals surface area (Å²) in [5.41, 5.74) is 7.12. The third kappa shape index (κ3) is 2.76. The number of carbonyl (C=O) groups is 1. The molecule has 0 spiro atoms. The smallest absolute Gasteiger partial charge is 0.420 e. The molecule has 20 heavy (non-hydrogen) atoms. The van der Waals surface area contributed by atoms with Gasteiger partial charge in [-0.1, -0.05) is 0 Å². The van der Waals surface area contributed by atoms with Gasteiger partial charge in [0.2, 0.25) is 0 Å². The highest BCUT2D eigenvalue weighted by atomic mass is 16.8. The summed E-state index contributed by atoms with van der Waals surface area (Å²) in [5.74, 6) is -1.52. The van der Waals surface area contributed by atoms with Crippen molar-refractivity contribution in [2.45, 2.75) is 63.6 Å². The van der Waals surface area contributed by atoms with Crippen molar-refractivity contribution >= 4 is 11.7 Å². The van der Waals surface area contributed by atoms with Crippen LogP contribution >= 0.6 is 0 Å². The van der Waals surface area contributed by atoms with Crippen molar-refractivity contribution in [3.63, 3.8) is 0 Å². The average Bonchev–Trinajstić information content (AvgIpc) is 2.63. The molecule has 0 aromatic rings. The molecule has 0 amide bonds. The van der Waals surface area contributed by atoms with E-state index in [2.05, 4.69) is 4.79 Å². The Hall–Kier alpha value is -1.27. The van der Waals surface area contributed by atoms with E-state index in [-0.39, 0.29) is 37.4 Å². The highest BCUT2D eigenvalue weighted by Gasteiger charge is 2.56. The number of aliphatic hydroxyl groups is 1. The van der Waals surface area contributed by atoms with Crippen LogP contribution < -0.4 is 0 Å². The Balaban J connectivity index is 2.16. The Morgan fingerprint density at radius 1 is 1.45 bits per heavy atom. The highest BCUT2D eigenvalue weighted by molar-refractivity contribution is 6.37. The lowest BCUT2D eigenvalue weighted by atomic mass is 9.78. The zero-order valence-corrected chi connectivity index (χ0v) is 12.0. The third-order valence-corrected chi connectivity index (χ3v) is 3.68. The fourth-order valence-electron chi connectivity index (χ4n) is 2.88. The fourth-order valence-corrected chi connectivity index (χ4v) is 2.88. The summed E-state index contributed by atoms with van der Waals surface area (Å²) in [7, 11) is 0. The molecule has 1 saturated heterocycles. The minimum atomic E-state index is -1.55. The number of ether oxygens (including phenoxy) is 3. The number of fused-ring (bicyclic) bond motifs is 1. The van der Waals surface area contributed by atoms with Crippen LogP contribution in [-0.2, 0) is 19.0 Å². The Bertz CT molecular complexity index is 458. The van der Waals surface area contributed by atoms with E-state index in [0.717, 1.165) is 0 Å². The van der Waals surface area contributed by atoms with Gasteiger partial charge >= 0.3 is 11.7 Å². The lowest BCUT2D eigenvalue weighted by molar-refractivity contribution is -0.148. The van der Waals surface area contributed by atoms with Gasteiger partial charge in [-0.05, 0) is 33.6 Å². The van der Waals surface area contributed by atoms with E-state index in [1.165, 1.54) is 0 Å². The van der Waals surface area contributed by atoms with E-state index in [1.807, 2.05) is 0 Å².